The van der Waals surface area contributed by atoms with Crippen LogP contribution in [0.1, 0.15) is 39.5 Å². The molecule has 1 saturated heterocycles. The average molecular weight is 331 g/mol. The van der Waals surface area contributed by atoms with Crippen molar-refractivity contribution < 1.29 is 29.1 Å². The van der Waals surface area contributed by atoms with Gasteiger partial charge in [-0.25, -0.2) is 0 Å². The highest BCUT2D eigenvalue weighted by molar-refractivity contribution is 5.80. The van der Waals surface area contributed by atoms with Gasteiger partial charge in [0, 0.05) is 18.9 Å². The molecule has 0 aromatic carbocycles. The van der Waals surface area contributed by atoms with E-state index < -0.39 is 5.97 Å². The molecule has 7 heteroatoms. The number of amides is 1. The first kappa shape index (κ1) is 21.5. The Morgan fingerprint density at radius 1 is 1.26 bits per heavy atom. The fourth-order valence-electron chi connectivity index (χ4n) is 2.27. The molecule has 0 spiro atoms. The van der Waals surface area contributed by atoms with Gasteiger partial charge in [-0.3, -0.25) is 9.59 Å². The van der Waals surface area contributed by atoms with Crippen molar-refractivity contribution in [3.8, 4) is 0 Å². The van der Waals surface area contributed by atoms with Gasteiger partial charge in [-0.05, 0) is 20.3 Å². The van der Waals surface area contributed by atoms with Gasteiger partial charge in [-0.15, -0.1) is 0 Å². The summed E-state index contributed by atoms with van der Waals surface area (Å²) in [4.78, 5) is 33.3. The first-order chi connectivity index (χ1) is 10.6. The maximum atomic E-state index is 11.5. The summed E-state index contributed by atoms with van der Waals surface area (Å²) in [7, 11) is 4.17. The number of hydrogen-bond acceptors (Lipinski definition) is 4. The lowest BCUT2D eigenvalue weighted by Crippen LogP contribution is -2.48. The van der Waals surface area contributed by atoms with E-state index >= 15 is 0 Å². The quantitative estimate of drug-likeness (QED) is 0.632. The number of carboxylic acids is 1. The van der Waals surface area contributed by atoms with Gasteiger partial charge in [-0.1, -0.05) is 0 Å². The highest BCUT2D eigenvalue weighted by Gasteiger charge is 2.28. The van der Waals surface area contributed by atoms with Gasteiger partial charge in [0.15, 0.2) is 0 Å². The van der Waals surface area contributed by atoms with E-state index in [2.05, 4.69) is 21.0 Å². The smallest absolute Gasteiger partial charge is 0.303 e. The molecule has 1 amide bonds. The highest BCUT2D eigenvalue weighted by Crippen LogP contribution is 2.17. The van der Waals surface area contributed by atoms with Gasteiger partial charge in [0.25, 0.3) is 0 Å². The minimum Gasteiger partial charge on any atom is -0.481 e. The normalized spacial score (nSPS) is 17.7. The fourth-order valence-corrected chi connectivity index (χ4v) is 2.27. The number of likely N-dealkylation sites (tertiary alicyclic amines) is 1. The summed E-state index contributed by atoms with van der Waals surface area (Å²) in [6.45, 7) is 6.16. The number of hydrogen-bond donors (Lipinski definition) is 2. The van der Waals surface area contributed by atoms with E-state index in [0.717, 1.165) is 30.5 Å². The predicted octanol–water partition coefficient (Wildman–Crippen LogP) is 0.506. The average Bonchev–Trinajstić information content (AvgIpc) is 2.74. The Labute approximate surface area is 138 Å². The maximum Gasteiger partial charge on any atom is 0.303 e. The summed E-state index contributed by atoms with van der Waals surface area (Å²) in [5.41, 5.74) is 0. The molecule has 1 heterocycles. The van der Waals surface area contributed by atoms with Crippen molar-refractivity contribution in [2.75, 3.05) is 40.3 Å². The molecule has 1 aliphatic heterocycles. The first-order valence-corrected chi connectivity index (χ1v) is 8.02. The third-order valence-electron chi connectivity index (χ3n) is 3.97. The molecule has 0 saturated carbocycles. The van der Waals surface area contributed by atoms with Gasteiger partial charge in [0.1, 0.15) is 12.3 Å². The van der Waals surface area contributed by atoms with Crippen molar-refractivity contribution in [1.29, 1.82) is 0 Å². The number of Topliss-reactive ketones (excluding diaryl/α,β-unsaturated/α-hetero) is 1. The molecule has 7 nitrogen and oxygen atoms in total. The van der Waals surface area contributed by atoms with Crippen molar-refractivity contribution in [1.82, 2.24) is 4.90 Å². The molecule has 0 bridgehead atoms. The number of ketones is 1. The number of carbonyl (C=O) groups is 3. The lowest BCUT2D eigenvalue weighted by Gasteiger charge is -2.32. The molecule has 0 radical (unpaired) electrons. The Morgan fingerprint density at radius 2 is 1.87 bits per heavy atom. The van der Waals surface area contributed by atoms with E-state index in [-0.39, 0.29) is 31.1 Å². The highest BCUT2D eigenvalue weighted by atomic mass is 16.4. The Morgan fingerprint density at radius 3 is 2.22 bits per heavy atom. The molecule has 0 aromatic heterocycles. The summed E-state index contributed by atoms with van der Waals surface area (Å²) >= 11 is 0. The lowest BCUT2D eigenvalue weighted by molar-refractivity contribution is -0.890. The lowest BCUT2D eigenvalue weighted by atomic mass is 10.2. The maximum absolute atomic E-state index is 11.5. The summed E-state index contributed by atoms with van der Waals surface area (Å²) in [6, 6.07) is 0.395. The van der Waals surface area contributed by atoms with E-state index in [1.807, 2.05) is 4.90 Å². The number of nitrogens with zero attached hydrogens (tertiary/aromatic N) is 2. The van der Waals surface area contributed by atoms with E-state index in [0.29, 0.717) is 12.5 Å². The minimum atomic E-state index is -0.916. The van der Waals surface area contributed by atoms with Crippen LogP contribution in [0.3, 0.4) is 0 Å². The molecule has 1 fully saturated rings. The largest absolute Gasteiger partial charge is 0.481 e. The van der Waals surface area contributed by atoms with Gasteiger partial charge in [-0.2, -0.15) is 0 Å². The van der Waals surface area contributed by atoms with E-state index in [1.165, 1.54) is 6.92 Å². The minimum absolute atomic E-state index is 0.0463. The molecule has 1 aliphatic rings. The predicted molar refractivity (Wildman–Crippen MR) is 86.9 cm³/mol. The van der Waals surface area contributed by atoms with Crippen LogP contribution in [0.4, 0.5) is 0 Å². The summed E-state index contributed by atoms with van der Waals surface area (Å²) in [5.74, 6) is -0.709. The van der Waals surface area contributed by atoms with Gasteiger partial charge in [0.05, 0.1) is 40.2 Å². The molecule has 134 valence electrons. The van der Waals surface area contributed by atoms with Crippen LogP contribution in [-0.4, -0.2) is 83.6 Å². The van der Waals surface area contributed by atoms with E-state index in [1.54, 1.807) is 0 Å². The van der Waals surface area contributed by atoms with Crippen LogP contribution in [0.25, 0.3) is 0 Å². The number of aliphatic hydroxyl groups excluding tert-OH is 1. The summed E-state index contributed by atoms with van der Waals surface area (Å²) in [5, 5.41) is 16.9. The monoisotopic (exact) mass is 331 g/mol. The van der Waals surface area contributed by atoms with Crippen molar-refractivity contribution in [3.63, 3.8) is 0 Å². The third kappa shape index (κ3) is 10.0. The second-order valence-electron chi connectivity index (χ2n) is 6.68. The van der Waals surface area contributed by atoms with Crippen LogP contribution in [0.15, 0.2) is 0 Å². The summed E-state index contributed by atoms with van der Waals surface area (Å²) < 4.78 is 0.771. The number of quaternary nitrogens is 1. The van der Waals surface area contributed by atoms with Crippen LogP contribution in [-0.2, 0) is 14.4 Å². The molecule has 1 unspecified atom stereocenters. The number of rotatable bonds is 8. The van der Waals surface area contributed by atoms with Crippen molar-refractivity contribution in [3.05, 3.63) is 0 Å². The number of aliphatic carboxylic acids is 1. The Bertz CT molecular complexity index is 395. The van der Waals surface area contributed by atoms with Crippen LogP contribution in [0.5, 0.6) is 0 Å². The number of aliphatic hydroxyl groups is 1. The van der Waals surface area contributed by atoms with Crippen LogP contribution in [0, 0.1) is 0 Å². The Kier molecular flexibility index (Phi) is 9.67. The zero-order valence-electron chi connectivity index (χ0n) is 14.7. The van der Waals surface area contributed by atoms with E-state index in [9.17, 15) is 14.4 Å². The molecule has 2 N–H and O–H groups in total. The second-order valence-corrected chi connectivity index (χ2v) is 6.68. The standard InChI is InChI=1S/C11H23N2O2.C5H8O3/c1-10-4-5-11(15)12(10)6-7-13(2,3)8-9-14;1-4(6)2-3-5(7)8/h10,14H,4-9H2,1-3H3;2-3H2,1H3,(H,7,8)/q+1;. The molecule has 1 rings (SSSR count). The molecule has 0 aliphatic carbocycles. The number of likely N-dealkylation sites (N-methyl/N-ethyl adjacent to an activating group) is 1. The molecular formula is C16H31N2O5+. The Hall–Kier alpha value is -1.47. The van der Waals surface area contributed by atoms with Crippen molar-refractivity contribution >= 4 is 17.7 Å². The van der Waals surface area contributed by atoms with Gasteiger partial charge >= 0.3 is 5.97 Å². The molecule has 23 heavy (non-hydrogen) atoms. The topological polar surface area (TPSA) is 94.9 Å². The van der Waals surface area contributed by atoms with Crippen molar-refractivity contribution in [2.24, 2.45) is 0 Å². The van der Waals surface area contributed by atoms with Crippen molar-refractivity contribution in [2.45, 2.75) is 45.6 Å². The van der Waals surface area contributed by atoms with Gasteiger partial charge in [0.2, 0.25) is 5.91 Å². The Balaban J connectivity index is 0.000000515. The summed E-state index contributed by atoms with van der Waals surface area (Å²) in [6.07, 6.45) is 1.80. The second kappa shape index (κ2) is 10.3. The number of carboxylic acid groups (broad SMARTS) is 1. The number of carbonyl (C=O) groups excluding carboxylic acids is 2. The molecule has 0 aromatic rings. The first-order valence-electron chi connectivity index (χ1n) is 8.02. The van der Waals surface area contributed by atoms with E-state index in [4.69, 9.17) is 10.2 Å². The zero-order valence-corrected chi connectivity index (χ0v) is 14.7. The van der Waals surface area contributed by atoms with Crippen LogP contribution >= 0.6 is 0 Å². The molecular weight excluding hydrogens is 300 g/mol. The molecule has 1 atom stereocenters. The van der Waals surface area contributed by atoms with Crippen LogP contribution < -0.4 is 0 Å². The van der Waals surface area contributed by atoms with Crippen LogP contribution in [0.2, 0.25) is 0 Å². The third-order valence-corrected chi connectivity index (χ3v) is 3.97. The zero-order chi connectivity index (χ0) is 18.0. The fraction of sp³-hybridized carbons (Fsp3) is 0.812. The SMILES string of the molecule is CC(=O)CCC(=O)O.CC1CCC(=O)N1CC[N+](C)(C)CCO. The van der Waals surface area contributed by atoms with Gasteiger partial charge < -0.3 is 24.4 Å².